The van der Waals surface area contributed by atoms with Crippen molar-refractivity contribution in [1.29, 1.82) is 0 Å². The number of amides is 1. The number of anilines is 2. The minimum absolute atomic E-state index is 0.0400. The van der Waals surface area contributed by atoms with Crippen LogP contribution in [0.1, 0.15) is 26.2 Å². The van der Waals surface area contributed by atoms with Crippen LogP contribution in [0.15, 0.2) is 24.3 Å². The molecule has 4 nitrogen and oxygen atoms in total. The second kappa shape index (κ2) is 6.40. The first kappa shape index (κ1) is 12.9. The van der Waals surface area contributed by atoms with Crippen LogP contribution in [-0.2, 0) is 9.53 Å². The van der Waals surface area contributed by atoms with E-state index in [-0.39, 0.29) is 12.0 Å². The molecular formula is C14H20N2O2. The van der Waals surface area contributed by atoms with Gasteiger partial charge in [-0.1, -0.05) is 6.92 Å². The molecule has 18 heavy (non-hydrogen) atoms. The largest absolute Gasteiger partial charge is 0.385 e. The van der Waals surface area contributed by atoms with Gasteiger partial charge in [0, 0.05) is 24.5 Å². The molecule has 0 radical (unpaired) electrons. The fourth-order valence-electron chi connectivity index (χ4n) is 1.95. The smallest absolute Gasteiger partial charge is 0.253 e. The molecule has 1 heterocycles. The van der Waals surface area contributed by atoms with Crippen molar-refractivity contribution in [3.05, 3.63) is 24.3 Å². The molecule has 1 atom stereocenters. The Morgan fingerprint density at radius 3 is 2.67 bits per heavy atom. The monoisotopic (exact) mass is 248 g/mol. The molecule has 1 aromatic carbocycles. The molecule has 1 unspecified atom stereocenters. The van der Waals surface area contributed by atoms with Gasteiger partial charge in [0.05, 0.1) is 0 Å². The first-order chi connectivity index (χ1) is 8.79. The minimum atomic E-state index is -0.275. The molecule has 1 aliphatic rings. The highest BCUT2D eigenvalue weighted by atomic mass is 16.5. The summed E-state index contributed by atoms with van der Waals surface area (Å²) in [4.78, 5) is 11.8. The van der Waals surface area contributed by atoms with Crippen molar-refractivity contribution in [2.45, 2.75) is 32.3 Å². The van der Waals surface area contributed by atoms with Crippen LogP contribution in [0.4, 0.5) is 11.4 Å². The predicted octanol–water partition coefficient (Wildman–Crippen LogP) is 2.63. The lowest BCUT2D eigenvalue weighted by Gasteiger charge is -2.11. The molecule has 2 N–H and O–H groups in total. The van der Waals surface area contributed by atoms with E-state index >= 15 is 0 Å². The van der Waals surface area contributed by atoms with E-state index in [9.17, 15) is 4.79 Å². The van der Waals surface area contributed by atoms with Gasteiger partial charge < -0.3 is 15.4 Å². The topological polar surface area (TPSA) is 50.4 Å². The average Bonchev–Trinajstić information content (AvgIpc) is 2.92. The van der Waals surface area contributed by atoms with Gasteiger partial charge in [-0.3, -0.25) is 4.79 Å². The standard InChI is InChI=1S/C14H20N2O2/c1-2-9-15-11-5-7-12(8-6-11)16-14(17)13-4-3-10-18-13/h5-8,13,15H,2-4,9-10H2,1H3,(H,16,17). The molecule has 0 saturated carbocycles. The molecule has 2 rings (SSSR count). The van der Waals surface area contributed by atoms with Gasteiger partial charge in [-0.15, -0.1) is 0 Å². The van der Waals surface area contributed by atoms with Crippen molar-refractivity contribution in [2.75, 3.05) is 23.8 Å². The van der Waals surface area contributed by atoms with Crippen molar-refractivity contribution < 1.29 is 9.53 Å². The molecule has 1 amide bonds. The highest BCUT2D eigenvalue weighted by molar-refractivity contribution is 5.94. The summed E-state index contributed by atoms with van der Waals surface area (Å²) in [6.45, 7) is 3.78. The highest BCUT2D eigenvalue weighted by Crippen LogP contribution is 2.17. The zero-order valence-corrected chi connectivity index (χ0v) is 10.7. The normalized spacial score (nSPS) is 18.6. The lowest BCUT2D eigenvalue weighted by Crippen LogP contribution is -2.26. The van der Waals surface area contributed by atoms with Crippen LogP contribution in [0, 0.1) is 0 Å². The van der Waals surface area contributed by atoms with E-state index in [1.165, 1.54) is 0 Å². The fourth-order valence-corrected chi connectivity index (χ4v) is 1.95. The van der Waals surface area contributed by atoms with Gasteiger partial charge in [-0.05, 0) is 43.5 Å². The molecule has 4 heteroatoms. The van der Waals surface area contributed by atoms with Crippen LogP contribution in [0.5, 0.6) is 0 Å². The maximum Gasteiger partial charge on any atom is 0.253 e. The number of rotatable bonds is 5. The SMILES string of the molecule is CCCNc1ccc(NC(=O)C2CCCO2)cc1. The van der Waals surface area contributed by atoms with Crippen molar-refractivity contribution in [3.63, 3.8) is 0 Å². The van der Waals surface area contributed by atoms with E-state index in [1.807, 2.05) is 24.3 Å². The molecule has 0 aliphatic carbocycles. The molecule has 1 aromatic rings. The number of nitrogens with one attached hydrogen (secondary N) is 2. The van der Waals surface area contributed by atoms with Gasteiger partial charge in [0.15, 0.2) is 0 Å². The quantitative estimate of drug-likeness (QED) is 0.842. The van der Waals surface area contributed by atoms with Crippen LogP contribution in [0.25, 0.3) is 0 Å². The van der Waals surface area contributed by atoms with Crippen molar-refractivity contribution >= 4 is 17.3 Å². The van der Waals surface area contributed by atoms with Crippen LogP contribution < -0.4 is 10.6 Å². The van der Waals surface area contributed by atoms with E-state index in [4.69, 9.17) is 4.74 Å². The van der Waals surface area contributed by atoms with E-state index in [1.54, 1.807) is 0 Å². The fraction of sp³-hybridized carbons (Fsp3) is 0.500. The van der Waals surface area contributed by atoms with Crippen LogP contribution in [0.3, 0.4) is 0 Å². The lowest BCUT2D eigenvalue weighted by atomic mass is 10.2. The second-order valence-corrected chi connectivity index (χ2v) is 4.50. The maximum atomic E-state index is 11.8. The molecular weight excluding hydrogens is 228 g/mol. The summed E-state index contributed by atoms with van der Waals surface area (Å²) in [5.74, 6) is -0.0400. The Morgan fingerprint density at radius 1 is 1.33 bits per heavy atom. The third kappa shape index (κ3) is 3.47. The molecule has 98 valence electrons. The third-order valence-electron chi connectivity index (χ3n) is 2.95. The van der Waals surface area contributed by atoms with E-state index < -0.39 is 0 Å². The highest BCUT2D eigenvalue weighted by Gasteiger charge is 2.23. The Kier molecular flexibility index (Phi) is 4.59. The van der Waals surface area contributed by atoms with Gasteiger partial charge >= 0.3 is 0 Å². The molecule has 0 spiro atoms. The Morgan fingerprint density at radius 2 is 2.06 bits per heavy atom. The van der Waals surface area contributed by atoms with Gasteiger partial charge in [-0.25, -0.2) is 0 Å². The van der Waals surface area contributed by atoms with Gasteiger partial charge in [0.2, 0.25) is 0 Å². The summed E-state index contributed by atoms with van der Waals surface area (Å²) < 4.78 is 5.34. The number of carbonyl (C=O) groups is 1. The van der Waals surface area contributed by atoms with Crippen molar-refractivity contribution in [2.24, 2.45) is 0 Å². The summed E-state index contributed by atoms with van der Waals surface area (Å²) >= 11 is 0. The first-order valence-electron chi connectivity index (χ1n) is 6.56. The number of hydrogen-bond donors (Lipinski definition) is 2. The summed E-state index contributed by atoms with van der Waals surface area (Å²) in [5, 5.41) is 6.17. The van der Waals surface area contributed by atoms with Crippen molar-refractivity contribution in [1.82, 2.24) is 0 Å². The van der Waals surface area contributed by atoms with E-state index in [2.05, 4.69) is 17.6 Å². The summed E-state index contributed by atoms with van der Waals surface area (Å²) in [6, 6.07) is 7.76. The minimum Gasteiger partial charge on any atom is -0.385 e. The maximum absolute atomic E-state index is 11.8. The number of hydrogen-bond acceptors (Lipinski definition) is 3. The van der Waals surface area contributed by atoms with Crippen LogP contribution >= 0.6 is 0 Å². The summed E-state index contributed by atoms with van der Waals surface area (Å²) in [5.41, 5.74) is 1.89. The number of ether oxygens (including phenoxy) is 1. The van der Waals surface area contributed by atoms with E-state index in [0.29, 0.717) is 6.61 Å². The van der Waals surface area contributed by atoms with Crippen LogP contribution in [-0.4, -0.2) is 25.2 Å². The lowest BCUT2D eigenvalue weighted by molar-refractivity contribution is -0.124. The first-order valence-corrected chi connectivity index (χ1v) is 6.56. The molecule has 1 aliphatic heterocycles. The summed E-state index contributed by atoms with van der Waals surface area (Å²) in [6.07, 6.45) is 2.61. The van der Waals surface area contributed by atoms with Gasteiger partial charge in [0.1, 0.15) is 6.10 Å². The van der Waals surface area contributed by atoms with Crippen molar-refractivity contribution in [3.8, 4) is 0 Å². The second-order valence-electron chi connectivity index (χ2n) is 4.50. The molecule has 0 aromatic heterocycles. The molecule has 1 saturated heterocycles. The van der Waals surface area contributed by atoms with Gasteiger partial charge in [0.25, 0.3) is 5.91 Å². The summed E-state index contributed by atoms with van der Waals surface area (Å²) in [7, 11) is 0. The number of carbonyl (C=O) groups excluding carboxylic acids is 1. The third-order valence-corrected chi connectivity index (χ3v) is 2.95. The average molecular weight is 248 g/mol. The van der Waals surface area contributed by atoms with E-state index in [0.717, 1.165) is 37.2 Å². The molecule has 0 bridgehead atoms. The Labute approximate surface area is 108 Å². The number of benzene rings is 1. The zero-order valence-electron chi connectivity index (χ0n) is 10.7. The predicted molar refractivity (Wildman–Crippen MR) is 72.8 cm³/mol. The Balaban J connectivity index is 1.87. The van der Waals surface area contributed by atoms with Crippen LogP contribution in [0.2, 0.25) is 0 Å². The Bertz CT molecular complexity index is 383. The zero-order chi connectivity index (χ0) is 12.8. The van der Waals surface area contributed by atoms with Gasteiger partial charge in [-0.2, -0.15) is 0 Å². The molecule has 1 fully saturated rings. The Hall–Kier alpha value is -1.55.